The van der Waals surface area contributed by atoms with Crippen LogP contribution in [0.15, 0.2) is 24.3 Å². The first-order valence-corrected chi connectivity index (χ1v) is 10.4. The summed E-state index contributed by atoms with van der Waals surface area (Å²) in [6.07, 6.45) is -1.99. The van der Waals surface area contributed by atoms with Gasteiger partial charge in [0.1, 0.15) is 5.54 Å². The minimum atomic E-state index is -4.49. The van der Waals surface area contributed by atoms with E-state index in [-0.39, 0.29) is 12.5 Å². The minimum Gasteiger partial charge on any atom is -0.352 e. The van der Waals surface area contributed by atoms with Crippen molar-refractivity contribution in [3.63, 3.8) is 0 Å². The second-order valence-electron chi connectivity index (χ2n) is 8.28. The number of amides is 2. The summed E-state index contributed by atoms with van der Waals surface area (Å²) < 4.78 is 39.4. The van der Waals surface area contributed by atoms with Gasteiger partial charge in [0.05, 0.1) is 6.54 Å². The highest BCUT2D eigenvalue weighted by atomic mass is 35.5. The Bertz CT molecular complexity index is 747. The maximum Gasteiger partial charge on any atom is 0.411 e. The molecule has 2 rings (SSSR count). The lowest BCUT2D eigenvalue weighted by molar-refractivity contribution is -0.217. The van der Waals surface area contributed by atoms with Crippen LogP contribution in [0.5, 0.6) is 0 Å². The van der Waals surface area contributed by atoms with Gasteiger partial charge in [-0.05, 0) is 70.3 Å². The van der Waals surface area contributed by atoms with E-state index in [4.69, 9.17) is 11.6 Å². The standard InChI is InChI=1S/C21H29ClF3N3O2/c1-20(2,21(23,24)25)27(3)18(29)14-28-11-8-15(9-12-28)7-10-26-19(30)16-5-4-6-17(22)13-16/h4-6,13,15H,7-12,14H2,1-3H3,(H,26,30). The van der Waals surface area contributed by atoms with Gasteiger partial charge in [-0.2, -0.15) is 13.2 Å². The molecule has 0 aromatic heterocycles. The fourth-order valence-electron chi connectivity index (χ4n) is 3.35. The average molecular weight is 448 g/mol. The number of nitrogens with one attached hydrogen (secondary N) is 1. The number of hydrogen-bond donors (Lipinski definition) is 1. The lowest BCUT2D eigenvalue weighted by Gasteiger charge is -2.39. The van der Waals surface area contributed by atoms with Gasteiger partial charge < -0.3 is 10.2 Å². The Morgan fingerprint density at radius 3 is 2.43 bits per heavy atom. The summed E-state index contributed by atoms with van der Waals surface area (Å²) in [4.78, 5) is 27.1. The van der Waals surface area contributed by atoms with E-state index in [0.29, 0.717) is 36.1 Å². The molecule has 0 spiro atoms. The molecule has 0 unspecified atom stereocenters. The second-order valence-corrected chi connectivity index (χ2v) is 8.72. The van der Waals surface area contributed by atoms with Crippen molar-refractivity contribution in [2.75, 3.05) is 33.2 Å². The first-order valence-electron chi connectivity index (χ1n) is 10.0. The van der Waals surface area contributed by atoms with Crippen molar-refractivity contribution < 1.29 is 22.8 Å². The highest BCUT2D eigenvalue weighted by molar-refractivity contribution is 6.30. The molecule has 1 aromatic carbocycles. The van der Waals surface area contributed by atoms with Crippen molar-refractivity contribution in [2.24, 2.45) is 5.92 Å². The van der Waals surface area contributed by atoms with Crippen molar-refractivity contribution in [1.82, 2.24) is 15.1 Å². The fourth-order valence-corrected chi connectivity index (χ4v) is 3.54. The summed E-state index contributed by atoms with van der Waals surface area (Å²) >= 11 is 5.89. The monoisotopic (exact) mass is 447 g/mol. The van der Waals surface area contributed by atoms with Gasteiger partial charge in [-0.3, -0.25) is 14.5 Å². The number of carbonyl (C=O) groups is 2. The molecule has 0 atom stereocenters. The molecule has 1 fully saturated rings. The van der Waals surface area contributed by atoms with E-state index in [9.17, 15) is 22.8 Å². The number of halogens is 4. The predicted octanol–water partition coefficient (Wildman–Crippen LogP) is 3.97. The highest BCUT2D eigenvalue weighted by Gasteiger charge is 2.51. The second kappa shape index (κ2) is 10.0. The lowest BCUT2D eigenvalue weighted by atomic mass is 9.93. The lowest BCUT2D eigenvalue weighted by Crippen LogP contribution is -2.57. The summed E-state index contributed by atoms with van der Waals surface area (Å²) in [6.45, 7) is 3.84. The molecular weight excluding hydrogens is 419 g/mol. The SMILES string of the molecule is CN(C(=O)CN1CCC(CCNC(=O)c2cccc(Cl)c2)CC1)C(C)(C)C(F)(F)F. The van der Waals surface area contributed by atoms with Gasteiger partial charge in [0.25, 0.3) is 5.91 Å². The van der Waals surface area contributed by atoms with Gasteiger partial charge in [0.15, 0.2) is 0 Å². The highest BCUT2D eigenvalue weighted by Crippen LogP contribution is 2.34. The van der Waals surface area contributed by atoms with E-state index in [2.05, 4.69) is 5.32 Å². The predicted molar refractivity (Wildman–Crippen MR) is 110 cm³/mol. The van der Waals surface area contributed by atoms with Crippen molar-refractivity contribution in [1.29, 1.82) is 0 Å². The van der Waals surface area contributed by atoms with Crippen LogP contribution in [0.4, 0.5) is 13.2 Å². The summed E-state index contributed by atoms with van der Waals surface area (Å²) in [6, 6.07) is 6.75. The number of piperidine rings is 1. The molecule has 1 aliphatic heterocycles. The summed E-state index contributed by atoms with van der Waals surface area (Å²) in [5.74, 6) is -0.305. The van der Waals surface area contributed by atoms with E-state index >= 15 is 0 Å². The Morgan fingerprint density at radius 1 is 1.23 bits per heavy atom. The van der Waals surface area contributed by atoms with Gasteiger partial charge >= 0.3 is 6.18 Å². The van der Waals surface area contributed by atoms with E-state index in [1.807, 2.05) is 4.90 Å². The zero-order chi connectivity index (χ0) is 22.5. The molecule has 30 heavy (non-hydrogen) atoms. The molecule has 168 valence electrons. The summed E-state index contributed by atoms with van der Waals surface area (Å²) in [5.41, 5.74) is -1.69. The molecule has 0 aliphatic carbocycles. The van der Waals surface area contributed by atoms with Crippen molar-refractivity contribution in [3.05, 3.63) is 34.9 Å². The molecule has 1 heterocycles. The average Bonchev–Trinajstić information content (AvgIpc) is 2.67. The van der Waals surface area contributed by atoms with Crippen LogP contribution in [0.2, 0.25) is 5.02 Å². The maximum absolute atomic E-state index is 13.1. The van der Waals surface area contributed by atoms with Gasteiger partial charge in [0, 0.05) is 24.2 Å². The van der Waals surface area contributed by atoms with Crippen LogP contribution < -0.4 is 5.32 Å². The maximum atomic E-state index is 13.1. The molecule has 0 bridgehead atoms. The van der Waals surface area contributed by atoms with Crippen LogP contribution in [-0.2, 0) is 4.79 Å². The molecule has 0 radical (unpaired) electrons. The Hall–Kier alpha value is -1.80. The third-order valence-electron chi connectivity index (χ3n) is 5.90. The van der Waals surface area contributed by atoms with E-state index in [1.54, 1.807) is 24.3 Å². The molecule has 9 heteroatoms. The number of carbonyl (C=O) groups excluding carboxylic acids is 2. The smallest absolute Gasteiger partial charge is 0.352 e. The number of likely N-dealkylation sites (tertiary alicyclic amines) is 1. The van der Waals surface area contributed by atoms with Crippen LogP contribution in [0.25, 0.3) is 0 Å². The number of benzene rings is 1. The van der Waals surface area contributed by atoms with E-state index in [1.165, 1.54) is 7.05 Å². The van der Waals surface area contributed by atoms with Gasteiger partial charge in [0.2, 0.25) is 5.91 Å². The third kappa shape index (κ3) is 6.35. The summed E-state index contributed by atoms with van der Waals surface area (Å²) in [5, 5.41) is 3.39. The Labute approximate surface area is 180 Å². The molecule has 5 nitrogen and oxygen atoms in total. The Morgan fingerprint density at radius 2 is 1.87 bits per heavy atom. The topological polar surface area (TPSA) is 52.7 Å². The largest absolute Gasteiger partial charge is 0.411 e. The molecule has 2 amide bonds. The van der Waals surface area contributed by atoms with Crippen LogP contribution in [0, 0.1) is 5.92 Å². The molecule has 0 saturated carbocycles. The first-order chi connectivity index (χ1) is 13.9. The van der Waals surface area contributed by atoms with Gasteiger partial charge in [-0.25, -0.2) is 0 Å². The van der Waals surface area contributed by atoms with Crippen molar-refractivity contribution >= 4 is 23.4 Å². The molecule has 1 aromatic rings. The fraction of sp³-hybridized carbons (Fsp3) is 0.619. The van der Waals surface area contributed by atoms with Crippen LogP contribution in [-0.4, -0.2) is 66.6 Å². The van der Waals surface area contributed by atoms with Crippen molar-refractivity contribution in [2.45, 2.75) is 44.8 Å². The first kappa shape index (κ1) is 24.5. The van der Waals surface area contributed by atoms with Gasteiger partial charge in [-0.1, -0.05) is 17.7 Å². The minimum absolute atomic E-state index is 0.0196. The molecule has 1 aliphatic rings. The zero-order valence-corrected chi connectivity index (χ0v) is 18.3. The Kier molecular flexibility index (Phi) is 8.16. The third-order valence-corrected chi connectivity index (χ3v) is 6.13. The number of rotatable bonds is 7. The molecule has 1 N–H and O–H groups in total. The number of nitrogens with zero attached hydrogens (tertiary/aromatic N) is 2. The zero-order valence-electron chi connectivity index (χ0n) is 17.6. The van der Waals surface area contributed by atoms with Crippen molar-refractivity contribution in [3.8, 4) is 0 Å². The van der Waals surface area contributed by atoms with Crippen LogP contribution in [0.1, 0.15) is 43.5 Å². The van der Waals surface area contributed by atoms with Crippen LogP contribution in [0.3, 0.4) is 0 Å². The quantitative estimate of drug-likeness (QED) is 0.688. The van der Waals surface area contributed by atoms with Crippen LogP contribution >= 0.6 is 11.6 Å². The van der Waals surface area contributed by atoms with E-state index < -0.39 is 17.6 Å². The molecule has 1 saturated heterocycles. The summed E-state index contributed by atoms with van der Waals surface area (Å²) in [7, 11) is 1.20. The number of likely N-dealkylation sites (N-methyl/N-ethyl adjacent to an activating group) is 1. The number of hydrogen-bond acceptors (Lipinski definition) is 3. The molecular formula is C21H29ClF3N3O2. The Balaban J connectivity index is 1.72. The van der Waals surface area contributed by atoms with Gasteiger partial charge in [-0.15, -0.1) is 0 Å². The van der Waals surface area contributed by atoms with E-state index in [0.717, 1.165) is 38.0 Å². The number of alkyl halides is 3. The normalized spacial score (nSPS) is 16.4.